The fourth-order valence-electron chi connectivity index (χ4n) is 2.39. The van der Waals surface area contributed by atoms with E-state index in [0.717, 1.165) is 16.8 Å². The van der Waals surface area contributed by atoms with E-state index in [2.05, 4.69) is 60.6 Å². The van der Waals surface area contributed by atoms with Gasteiger partial charge in [0.05, 0.1) is 11.0 Å². The number of H-pyrrole nitrogens is 1. The molecule has 1 aromatic heterocycles. The maximum atomic E-state index is 5.43. The highest BCUT2D eigenvalue weighted by Gasteiger charge is 2.13. The van der Waals surface area contributed by atoms with E-state index in [4.69, 9.17) is 12.2 Å². The van der Waals surface area contributed by atoms with Crippen LogP contribution in [0.1, 0.15) is 18.5 Å². The first-order valence-electron chi connectivity index (χ1n) is 5.85. The van der Waals surface area contributed by atoms with Crippen molar-refractivity contribution in [1.29, 1.82) is 0 Å². The van der Waals surface area contributed by atoms with E-state index in [1.807, 2.05) is 0 Å². The van der Waals surface area contributed by atoms with Crippen LogP contribution >= 0.6 is 12.2 Å². The highest BCUT2D eigenvalue weighted by atomic mass is 32.1. The first-order chi connectivity index (χ1) is 8.00. The van der Waals surface area contributed by atoms with Gasteiger partial charge >= 0.3 is 0 Å². The third-order valence-electron chi connectivity index (χ3n) is 3.01. The minimum atomic E-state index is 0.368. The Balaban J connectivity index is 2.60. The monoisotopic (exact) mass is 249 g/mol. The van der Waals surface area contributed by atoms with Crippen molar-refractivity contribution in [3.63, 3.8) is 0 Å². The number of benzene rings is 1. The zero-order chi connectivity index (χ0) is 12.6. The first kappa shape index (κ1) is 12.3. The summed E-state index contributed by atoms with van der Waals surface area (Å²) in [4.78, 5) is 5.47. The molecule has 1 aromatic carbocycles. The number of hydrogen-bond donors (Lipinski definition) is 1. The highest BCUT2D eigenvalue weighted by Crippen LogP contribution is 2.22. The molecular weight excluding hydrogens is 230 g/mol. The number of aromatic amines is 1. The average Bonchev–Trinajstić information content (AvgIpc) is 2.54. The van der Waals surface area contributed by atoms with E-state index < -0.39 is 0 Å². The number of para-hydroxylation sites is 1. The molecule has 0 aliphatic carbocycles. The van der Waals surface area contributed by atoms with Gasteiger partial charge in [-0.3, -0.25) is 0 Å². The Hall–Kier alpha value is -1.13. The van der Waals surface area contributed by atoms with Gasteiger partial charge in [-0.15, -0.1) is 0 Å². The normalized spacial score (nSPS) is 13.5. The van der Waals surface area contributed by atoms with Crippen molar-refractivity contribution in [3.8, 4) is 0 Å². The zero-order valence-corrected chi connectivity index (χ0v) is 11.6. The number of imidazole rings is 1. The summed E-state index contributed by atoms with van der Waals surface area (Å²) in [5.74, 6) is 0. The molecule has 2 rings (SSSR count). The van der Waals surface area contributed by atoms with Crippen LogP contribution in [0.4, 0.5) is 0 Å². The molecule has 1 atom stereocenters. The second kappa shape index (κ2) is 4.63. The lowest BCUT2D eigenvalue weighted by Crippen LogP contribution is -2.22. The number of likely N-dealkylation sites (N-methyl/N-ethyl adjacent to an activating group) is 1. The number of rotatable bonds is 3. The molecule has 0 amide bonds. The van der Waals surface area contributed by atoms with Crippen LogP contribution in [0.2, 0.25) is 0 Å². The van der Waals surface area contributed by atoms with Gasteiger partial charge in [0.2, 0.25) is 0 Å². The van der Waals surface area contributed by atoms with Gasteiger partial charge in [0, 0.05) is 12.6 Å². The van der Waals surface area contributed by atoms with Gasteiger partial charge < -0.3 is 14.5 Å². The molecule has 0 aliphatic rings. The number of hydrogen-bond acceptors (Lipinski definition) is 2. The standard InChI is InChI=1S/C13H19N3S/c1-9-6-5-7-11-12(9)16(13(17)14-11)10(2)8-15(3)4/h5-7,10H,8H2,1-4H3,(H,14,17). The fourth-order valence-corrected chi connectivity index (χ4v) is 2.77. The Morgan fingerprint density at radius 3 is 2.76 bits per heavy atom. The average molecular weight is 249 g/mol. The summed E-state index contributed by atoms with van der Waals surface area (Å²) in [7, 11) is 4.17. The summed E-state index contributed by atoms with van der Waals surface area (Å²) in [6.45, 7) is 5.31. The quantitative estimate of drug-likeness (QED) is 0.845. The number of aromatic nitrogens is 2. The second-order valence-electron chi connectivity index (χ2n) is 4.88. The van der Waals surface area contributed by atoms with Crippen LogP contribution in [0.3, 0.4) is 0 Å². The van der Waals surface area contributed by atoms with E-state index in [1.54, 1.807) is 0 Å². The molecule has 1 N–H and O–H groups in total. The summed E-state index contributed by atoms with van der Waals surface area (Å²) in [6.07, 6.45) is 0. The molecule has 2 aromatic rings. The second-order valence-corrected chi connectivity index (χ2v) is 5.27. The lowest BCUT2D eigenvalue weighted by atomic mass is 10.2. The molecule has 0 bridgehead atoms. The maximum absolute atomic E-state index is 5.43. The maximum Gasteiger partial charge on any atom is 0.178 e. The van der Waals surface area contributed by atoms with E-state index in [0.29, 0.717) is 6.04 Å². The fraction of sp³-hybridized carbons (Fsp3) is 0.462. The van der Waals surface area contributed by atoms with Crippen molar-refractivity contribution in [2.75, 3.05) is 20.6 Å². The predicted octanol–water partition coefficient (Wildman–Crippen LogP) is 3.13. The molecule has 17 heavy (non-hydrogen) atoms. The zero-order valence-electron chi connectivity index (χ0n) is 10.8. The van der Waals surface area contributed by atoms with Crippen LogP contribution in [0.15, 0.2) is 18.2 Å². The van der Waals surface area contributed by atoms with Gasteiger partial charge in [-0.05, 0) is 51.8 Å². The molecule has 1 unspecified atom stereocenters. The molecule has 0 spiro atoms. The lowest BCUT2D eigenvalue weighted by Gasteiger charge is -2.19. The van der Waals surface area contributed by atoms with Crippen LogP contribution in [-0.4, -0.2) is 35.1 Å². The van der Waals surface area contributed by atoms with Crippen LogP contribution in [0.5, 0.6) is 0 Å². The number of nitrogens with zero attached hydrogens (tertiary/aromatic N) is 2. The summed E-state index contributed by atoms with van der Waals surface area (Å²) >= 11 is 5.43. The van der Waals surface area contributed by atoms with Gasteiger partial charge in [-0.2, -0.15) is 0 Å². The van der Waals surface area contributed by atoms with Gasteiger partial charge in [0.15, 0.2) is 4.77 Å². The van der Waals surface area contributed by atoms with Crippen LogP contribution < -0.4 is 0 Å². The topological polar surface area (TPSA) is 24.0 Å². The molecule has 92 valence electrons. The number of aryl methyl sites for hydroxylation is 1. The van der Waals surface area contributed by atoms with Crippen molar-refractivity contribution in [2.45, 2.75) is 19.9 Å². The van der Waals surface area contributed by atoms with Crippen LogP contribution in [0.25, 0.3) is 11.0 Å². The molecule has 0 fully saturated rings. The molecule has 0 aliphatic heterocycles. The largest absolute Gasteiger partial charge is 0.331 e. The Kier molecular flexibility index (Phi) is 3.35. The van der Waals surface area contributed by atoms with Gasteiger partial charge in [0.25, 0.3) is 0 Å². The summed E-state index contributed by atoms with van der Waals surface area (Å²) in [6, 6.07) is 6.64. The van der Waals surface area contributed by atoms with Gasteiger partial charge in [-0.25, -0.2) is 0 Å². The third kappa shape index (κ3) is 2.28. The van der Waals surface area contributed by atoms with Crippen LogP contribution in [0, 0.1) is 11.7 Å². The molecule has 0 saturated carbocycles. The van der Waals surface area contributed by atoms with E-state index in [9.17, 15) is 0 Å². The van der Waals surface area contributed by atoms with Gasteiger partial charge in [-0.1, -0.05) is 12.1 Å². The molecule has 0 saturated heterocycles. The Labute approximate surface area is 107 Å². The third-order valence-corrected chi connectivity index (χ3v) is 3.31. The van der Waals surface area contributed by atoms with E-state index >= 15 is 0 Å². The SMILES string of the molecule is Cc1cccc2[nH]c(=S)n(C(C)CN(C)C)c12. The first-order valence-corrected chi connectivity index (χ1v) is 6.26. The highest BCUT2D eigenvalue weighted by molar-refractivity contribution is 7.71. The summed E-state index contributed by atoms with van der Waals surface area (Å²) < 4.78 is 3.03. The smallest absolute Gasteiger partial charge is 0.178 e. The van der Waals surface area contributed by atoms with E-state index in [-0.39, 0.29) is 0 Å². The number of fused-ring (bicyclic) bond motifs is 1. The van der Waals surface area contributed by atoms with Crippen molar-refractivity contribution in [2.24, 2.45) is 0 Å². The van der Waals surface area contributed by atoms with Gasteiger partial charge in [0.1, 0.15) is 0 Å². The molecule has 1 heterocycles. The Morgan fingerprint density at radius 1 is 1.41 bits per heavy atom. The van der Waals surface area contributed by atoms with Crippen molar-refractivity contribution in [3.05, 3.63) is 28.5 Å². The molecule has 4 heteroatoms. The van der Waals surface area contributed by atoms with Crippen molar-refractivity contribution < 1.29 is 0 Å². The minimum absolute atomic E-state index is 0.368. The Morgan fingerprint density at radius 2 is 2.12 bits per heavy atom. The Bertz CT molecular complexity index is 580. The molecule has 3 nitrogen and oxygen atoms in total. The molecule has 0 radical (unpaired) electrons. The number of nitrogens with one attached hydrogen (secondary N) is 1. The summed E-state index contributed by atoms with van der Waals surface area (Å²) in [5, 5.41) is 0. The minimum Gasteiger partial charge on any atom is -0.331 e. The van der Waals surface area contributed by atoms with Crippen molar-refractivity contribution in [1.82, 2.24) is 14.5 Å². The predicted molar refractivity (Wildman–Crippen MR) is 75.1 cm³/mol. The van der Waals surface area contributed by atoms with E-state index in [1.165, 1.54) is 11.1 Å². The van der Waals surface area contributed by atoms with Crippen molar-refractivity contribution >= 4 is 23.3 Å². The lowest BCUT2D eigenvalue weighted by molar-refractivity contribution is 0.339. The summed E-state index contributed by atoms with van der Waals surface area (Å²) in [5.41, 5.74) is 3.62. The molecular formula is C13H19N3S. The van der Waals surface area contributed by atoms with Crippen LogP contribution in [-0.2, 0) is 0 Å².